The van der Waals surface area contributed by atoms with Gasteiger partial charge in [0.1, 0.15) is 0 Å². The third kappa shape index (κ3) is 3.46. The molecule has 0 radical (unpaired) electrons. The van der Waals surface area contributed by atoms with Gasteiger partial charge in [-0.25, -0.2) is 0 Å². The highest BCUT2D eigenvalue weighted by molar-refractivity contribution is 5.76. The number of benzene rings is 1. The van der Waals surface area contributed by atoms with Gasteiger partial charge >= 0.3 is 0 Å². The number of aryl methyl sites for hydroxylation is 1. The Kier molecular flexibility index (Phi) is 4.82. The first kappa shape index (κ1) is 16.3. The van der Waals surface area contributed by atoms with Crippen molar-refractivity contribution in [3.8, 4) is 0 Å². The molecule has 4 atom stereocenters. The second-order valence-electron chi connectivity index (χ2n) is 7.50. The topological polar surface area (TPSA) is 42.0 Å². The van der Waals surface area contributed by atoms with Crippen molar-refractivity contribution >= 4 is 5.91 Å². The molecule has 4 rings (SSSR count). The Morgan fingerprint density at radius 3 is 2.60 bits per heavy atom. The van der Waals surface area contributed by atoms with E-state index in [0.29, 0.717) is 24.3 Å². The van der Waals surface area contributed by atoms with Crippen molar-refractivity contribution in [3.63, 3.8) is 0 Å². The molecule has 1 heterocycles. The number of nitrogens with one attached hydrogen (secondary N) is 1. The molecule has 3 nitrogen and oxygen atoms in total. The van der Waals surface area contributed by atoms with Crippen molar-refractivity contribution in [2.75, 3.05) is 0 Å². The van der Waals surface area contributed by atoms with Crippen molar-refractivity contribution in [1.29, 1.82) is 0 Å². The van der Waals surface area contributed by atoms with Gasteiger partial charge in [0.05, 0.1) is 0 Å². The number of carbonyl (C=O) groups excluding carboxylic acids is 1. The largest absolute Gasteiger partial charge is 0.352 e. The molecule has 2 aromatic rings. The summed E-state index contributed by atoms with van der Waals surface area (Å²) >= 11 is 0. The van der Waals surface area contributed by atoms with Gasteiger partial charge in [-0.3, -0.25) is 9.78 Å². The van der Waals surface area contributed by atoms with Gasteiger partial charge in [-0.2, -0.15) is 0 Å². The van der Waals surface area contributed by atoms with Gasteiger partial charge < -0.3 is 5.32 Å². The van der Waals surface area contributed by atoms with E-state index in [4.69, 9.17) is 0 Å². The summed E-state index contributed by atoms with van der Waals surface area (Å²) in [5, 5.41) is 3.37. The van der Waals surface area contributed by atoms with Crippen LogP contribution < -0.4 is 5.32 Å². The number of hydrogen-bond acceptors (Lipinski definition) is 2. The summed E-state index contributed by atoms with van der Waals surface area (Å²) in [5.41, 5.74) is 2.65. The van der Waals surface area contributed by atoms with Crippen LogP contribution in [0, 0.1) is 11.8 Å². The van der Waals surface area contributed by atoms with Crippen molar-refractivity contribution in [3.05, 3.63) is 66.0 Å². The minimum atomic E-state index is 0.213. The van der Waals surface area contributed by atoms with Gasteiger partial charge in [0.15, 0.2) is 0 Å². The lowest BCUT2D eigenvalue weighted by atomic mass is 9.60. The Labute approximate surface area is 149 Å². The van der Waals surface area contributed by atoms with Crippen LogP contribution in [0.15, 0.2) is 54.9 Å². The summed E-state index contributed by atoms with van der Waals surface area (Å²) in [6.45, 7) is 0. The maximum absolute atomic E-state index is 12.5. The Morgan fingerprint density at radius 1 is 1.04 bits per heavy atom. The average Bonchev–Trinajstić information content (AvgIpc) is 3.05. The lowest BCUT2D eigenvalue weighted by Crippen LogP contribution is -2.56. The Bertz CT molecular complexity index is 700. The molecule has 130 valence electrons. The molecule has 2 aliphatic rings. The fourth-order valence-corrected chi connectivity index (χ4v) is 4.88. The number of aromatic nitrogens is 1. The first-order chi connectivity index (χ1) is 12.3. The van der Waals surface area contributed by atoms with E-state index >= 15 is 0 Å². The summed E-state index contributed by atoms with van der Waals surface area (Å²) in [7, 11) is 0. The number of rotatable bonds is 6. The molecule has 2 aliphatic carbocycles. The highest BCUT2D eigenvalue weighted by atomic mass is 16.1. The minimum Gasteiger partial charge on any atom is -0.352 e. The van der Waals surface area contributed by atoms with E-state index in [1.165, 1.54) is 30.4 Å². The fourth-order valence-electron chi connectivity index (χ4n) is 4.88. The summed E-state index contributed by atoms with van der Waals surface area (Å²) in [6, 6.07) is 15.1. The van der Waals surface area contributed by atoms with Gasteiger partial charge in [-0.05, 0) is 60.8 Å². The Morgan fingerprint density at radius 2 is 1.80 bits per heavy atom. The molecule has 1 aromatic heterocycles. The maximum Gasteiger partial charge on any atom is 0.220 e. The van der Waals surface area contributed by atoms with Crippen LogP contribution >= 0.6 is 0 Å². The van der Waals surface area contributed by atoms with Gasteiger partial charge in [0.2, 0.25) is 5.91 Å². The van der Waals surface area contributed by atoms with Crippen LogP contribution in [0.4, 0.5) is 0 Å². The fraction of sp³-hybridized carbons (Fsp3) is 0.455. The molecular weight excluding hydrogens is 308 g/mol. The first-order valence-electron chi connectivity index (χ1n) is 9.56. The van der Waals surface area contributed by atoms with E-state index in [2.05, 4.69) is 40.6 Å². The molecule has 2 fully saturated rings. The van der Waals surface area contributed by atoms with E-state index in [-0.39, 0.29) is 5.91 Å². The van der Waals surface area contributed by atoms with Crippen LogP contribution in [0.5, 0.6) is 0 Å². The third-order valence-corrected chi connectivity index (χ3v) is 6.07. The molecular formula is C22H26N2O. The van der Waals surface area contributed by atoms with E-state index in [1.807, 2.05) is 24.5 Å². The quantitative estimate of drug-likeness (QED) is 0.864. The van der Waals surface area contributed by atoms with Crippen LogP contribution in [-0.4, -0.2) is 16.9 Å². The maximum atomic E-state index is 12.5. The minimum absolute atomic E-state index is 0.213. The van der Waals surface area contributed by atoms with Crippen molar-refractivity contribution < 1.29 is 4.79 Å². The van der Waals surface area contributed by atoms with E-state index in [0.717, 1.165) is 18.8 Å². The monoisotopic (exact) mass is 334 g/mol. The molecule has 0 aliphatic heterocycles. The zero-order valence-corrected chi connectivity index (χ0v) is 14.6. The normalized spacial score (nSPS) is 27.4. The second kappa shape index (κ2) is 7.38. The van der Waals surface area contributed by atoms with Crippen LogP contribution in [0.2, 0.25) is 0 Å². The number of nitrogens with zero attached hydrogens (tertiary/aromatic N) is 1. The smallest absolute Gasteiger partial charge is 0.220 e. The first-order valence-corrected chi connectivity index (χ1v) is 9.56. The van der Waals surface area contributed by atoms with Crippen LogP contribution in [0.25, 0.3) is 0 Å². The second-order valence-corrected chi connectivity index (χ2v) is 7.50. The third-order valence-electron chi connectivity index (χ3n) is 6.07. The van der Waals surface area contributed by atoms with Crippen molar-refractivity contribution in [1.82, 2.24) is 10.3 Å². The van der Waals surface area contributed by atoms with E-state index in [1.54, 1.807) is 0 Å². The average molecular weight is 334 g/mol. The predicted octanol–water partition coefficient (Wildman–Crippen LogP) is 4.10. The highest BCUT2D eigenvalue weighted by Gasteiger charge is 2.53. The molecule has 0 bridgehead atoms. The van der Waals surface area contributed by atoms with Crippen LogP contribution in [0.3, 0.4) is 0 Å². The van der Waals surface area contributed by atoms with Crippen LogP contribution in [-0.2, 0) is 11.2 Å². The molecule has 1 N–H and O–H groups in total. The Hall–Kier alpha value is -2.16. The molecule has 1 amide bonds. The number of hydrogen-bond donors (Lipinski definition) is 1. The predicted molar refractivity (Wildman–Crippen MR) is 99.1 cm³/mol. The SMILES string of the molecule is O=C(CCCc1ccncc1)N[C@@H]1[C@@H]2CCC[C@H]2[C@H]1c1ccccc1. The number of pyridine rings is 1. The zero-order valence-electron chi connectivity index (χ0n) is 14.6. The molecule has 3 heteroatoms. The van der Waals surface area contributed by atoms with Gasteiger partial charge in [0, 0.05) is 30.8 Å². The lowest BCUT2D eigenvalue weighted by Gasteiger charge is -2.49. The highest BCUT2D eigenvalue weighted by Crippen LogP contribution is 2.55. The van der Waals surface area contributed by atoms with Crippen LogP contribution in [0.1, 0.15) is 49.1 Å². The molecule has 1 aromatic carbocycles. The summed E-state index contributed by atoms with van der Waals surface area (Å²) in [6.07, 6.45) is 9.98. The summed E-state index contributed by atoms with van der Waals surface area (Å²) in [4.78, 5) is 16.5. The standard InChI is InChI=1S/C22H26N2O/c25-20(11-4-6-16-12-14-23-15-13-16)24-22-19-10-5-9-18(19)21(22)17-7-2-1-3-8-17/h1-3,7-8,12-15,18-19,21-22H,4-6,9-11H2,(H,24,25)/t18-,19-,21-,22-/m1/s1. The zero-order chi connectivity index (χ0) is 17.1. The summed E-state index contributed by atoms with van der Waals surface area (Å²) in [5.74, 6) is 2.18. The van der Waals surface area contributed by atoms with E-state index in [9.17, 15) is 4.79 Å². The van der Waals surface area contributed by atoms with Crippen molar-refractivity contribution in [2.24, 2.45) is 11.8 Å². The van der Waals surface area contributed by atoms with Gasteiger partial charge in [-0.15, -0.1) is 0 Å². The molecule has 0 unspecified atom stereocenters. The van der Waals surface area contributed by atoms with Gasteiger partial charge in [-0.1, -0.05) is 36.8 Å². The lowest BCUT2D eigenvalue weighted by molar-refractivity contribution is -0.124. The Balaban J connectivity index is 1.33. The molecule has 0 saturated heterocycles. The summed E-state index contributed by atoms with van der Waals surface area (Å²) < 4.78 is 0. The molecule has 2 saturated carbocycles. The van der Waals surface area contributed by atoms with Gasteiger partial charge in [0.25, 0.3) is 0 Å². The molecule has 0 spiro atoms. The molecule has 25 heavy (non-hydrogen) atoms. The van der Waals surface area contributed by atoms with Crippen molar-refractivity contribution in [2.45, 2.75) is 50.5 Å². The van der Waals surface area contributed by atoms with E-state index < -0.39 is 0 Å². The number of amides is 1. The number of fused-ring (bicyclic) bond motifs is 1. The number of carbonyl (C=O) groups is 1.